The summed E-state index contributed by atoms with van der Waals surface area (Å²) in [5.41, 5.74) is 5.10. The first-order chi connectivity index (χ1) is 9.88. The van der Waals surface area contributed by atoms with Crippen LogP contribution in [0, 0.1) is 18.6 Å². The van der Waals surface area contributed by atoms with Crippen LogP contribution in [0.25, 0.3) is 16.7 Å². The van der Waals surface area contributed by atoms with Crippen LogP contribution in [0.5, 0.6) is 0 Å². The van der Waals surface area contributed by atoms with Crippen molar-refractivity contribution in [3.05, 3.63) is 54.7 Å². The number of nitrogens with zero attached hydrogens (tertiary/aromatic N) is 1. The van der Waals surface area contributed by atoms with Crippen molar-refractivity contribution in [2.75, 3.05) is 0 Å². The van der Waals surface area contributed by atoms with Crippen LogP contribution in [0.15, 0.2) is 28.7 Å². The smallest absolute Gasteiger partial charge is 0.182 e. The van der Waals surface area contributed by atoms with Gasteiger partial charge in [-0.2, -0.15) is 0 Å². The van der Waals surface area contributed by atoms with Crippen molar-refractivity contribution >= 4 is 62.4 Å². The average Bonchev–Trinajstić information content (AvgIpc) is 2.66. The maximum atomic E-state index is 6.16. The fourth-order valence-electron chi connectivity index (χ4n) is 2.52. The Morgan fingerprint density at radius 1 is 1.10 bits per heavy atom. The molecule has 21 heavy (non-hydrogen) atoms. The topological polar surface area (TPSA) is 20.7 Å². The molecular formula is C15H11BrCl2N2S. The van der Waals surface area contributed by atoms with Gasteiger partial charge in [0.05, 0.1) is 26.8 Å². The van der Waals surface area contributed by atoms with Gasteiger partial charge in [-0.3, -0.25) is 4.57 Å². The van der Waals surface area contributed by atoms with Gasteiger partial charge in [-0.25, -0.2) is 0 Å². The molecule has 0 unspecified atom stereocenters. The highest BCUT2D eigenvalue weighted by atomic mass is 79.9. The van der Waals surface area contributed by atoms with E-state index in [2.05, 4.69) is 46.9 Å². The zero-order valence-corrected chi connectivity index (χ0v) is 15.2. The number of H-pyrrole nitrogens is 1. The van der Waals surface area contributed by atoms with Gasteiger partial charge in [0, 0.05) is 4.47 Å². The molecule has 0 aliphatic rings. The Hall–Kier alpha value is -0.810. The van der Waals surface area contributed by atoms with E-state index in [0.29, 0.717) is 14.8 Å². The molecule has 0 aliphatic carbocycles. The molecule has 1 N–H and O–H groups in total. The summed E-state index contributed by atoms with van der Waals surface area (Å²) in [6, 6.07) is 7.82. The van der Waals surface area contributed by atoms with E-state index >= 15 is 0 Å². The van der Waals surface area contributed by atoms with Crippen molar-refractivity contribution in [2.24, 2.45) is 0 Å². The second-order valence-electron chi connectivity index (χ2n) is 4.96. The number of fused-ring (bicyclic) bond motifs is 1. The van der Waals surface area contributed by atoms with Crippen LogP contribution in [-0.4, -0.2) is 9.55 Å². The van der Waals surface area contributed by atoms with Gasteiger partial charge < -0.3 is 4.98 Å². The Labute approximate surface area is 145 Å². The second kappa shape index (κ2) is 5.43. The van der Waals surface area contributed by atoms with Crippen LogP contribution in [-0.2, 0) is 0 Å². The molecule has 2 nitrogen and oxygen atoms in total. The molecule has 6 heteroatoms. The minimum absolute atomic E-state index is 0.507. The summed E-state index contributed by atoms with van der Waals surface area (Å²) in [4.78, 5) is 3.18. The monoisotopic (exact) mass is 400 g/mol. The van der Waals surface area contributed by atoms with Crippen LogP contribution in [0.1, 0.15) is 11.1 Å². The van der Waals surface area contributed by atoms with Gasteiger partial charge in [0.25, 0.3) is 0 Å². The molecule has 0 spiro atoms. The molecule has 0 saturated carbocycles. The number of benzene rings is 2. The van der Waals surface area contributed by atoms with E-state index in [1.165, 1.54) is 5.56 Å². The molecule has 0 radical (unpaired) electrons. The Kier molecular flexibility index (Phi) is 3.91. The number of hydrogen-bond donors (Lipinski definition) is 1. The van der Waals surface area contributed by atoms with E-state index in [9.17, 15) is 0 Å². The number of hydrogen-bond acceptors (Lipinski definition) is 1. The maximum Gasteiger partial charge on any atom is 0.182 e. The predicted octanol–water partition coefficient (Wildman–Crippen LogP) is 6.37. The molecule has 1 heterocycles. The minimum atomic E-state index is 0.507. The van der Waals surface area contributed by atoms with Crippen LogP contribution >= 0.6 is 51.3 Å². The van der Waals surface area contributed by atoms with E-state index < -0.39 is 0 Å². The van der Waals surface area contributed by atoms with Gasteiger partial charge in [-0.1, -0.05) is 29.3 Å². The Morgan fingerprint density at radius 2 is 1.76 bits per heavy atom. The lowest BCUT2D eigenvalue weighted by Crippen LogP contribution is -1.99. The molecule has 0 amide bonds. The van der Waals surface area contributed by atoms with Crippen LogP contribution in [0.2, 0.25) is 10.0 Å². The van der Waals surface area contributed by atoms with Crippen molar-refractivity contribution in [3.63, 3.8) is 0 Å². The molecule has 0 aliphatic heterocycles. The number of aromatic nitrogens is 2. The number of nitrogens with one attached hydrogen (secondary N) is 1. The van der Waals surface area contributed by atoms with Gasteiger partial charge in [0.2, 0.25) is 0 Å². The van der Waals surface area contributed by atoms with E-state index in [1.54, 1.807) is 6.07 Å². The van der Waals surface area contributed by atoms with Crippen LogP contribution in [0.3, 0.4) is 0 Å². The highest BCUT2D eigenvalue weighted by molar-refractivity contribution is 9.10. The number of aromatic amines is 1. The highest BCUT2D eigenvalue weighted by Crippen LogP contribution is 2.33. The number of halogens is 3. The summed E-state index contributed by atoms with van der Waals surface area (Å²) >= 11 is 21.3. The van der Waals surface area contributed by atoms with Gasteiger partial charge >= 0.3 is 0 Å². The number of rotatable bonds is 1. The van der Waals surface area contributed by atoms with E-state index in [4.69, 9.17) is 35.4 Å². The van der Waals surface area contributed by atoms with Crippen LogP contribution < -0.4 is 0 Å². The first-order valence-electron chi connectivity index (χ1n) is 6.25. The van der Waals surface area contributed by atoms with Gasteiger partial charge in [-0.15, -0.1) is 0 Å². The molecule has 0 atom stereocenters. The highest BCUT2D eigenvalue weighted by Gasteiger charge is 2.14. The fraction of sp³-hybridized carbons (Fsp3) is 0.133. The molecule has 2 aromatic carbocycles. The fourth-order valence-corrected chi connectivity index (χ4v) is 3.99. The largest absolute Gasteiger partial charge is 0.330 e. The molecule has 3 rings (SSSR count). The lowest BCUT2D eigenvalue weighted by atomic mass is 10.1. The SMILES string of the molecule is Cc1cc(C)c(-n2c(=S)[nH]c3cc(Cl)c(Cl)cc32)c(Br)c1. The van der Waals surface area contributed by atoms with Crippen molar-refractivity contribution in [3.8, 4) is 5.69 Å². The van der Waals surface area contributed by atoms with E-state index in [0.717, 1.165) is 26.8 Å². The zero-order chi connectivity index (χ0) is 15.3. The Bertz CT molecular complexity index is 904. The van der Waals surface area contributed by atoms with Crippen molar-refractivity contribution in [2.45, 2.75) is 13.8 Å². The standard InChI is InChI=1S/C15H11BrCl2N2S/c1-7-3-8(2)14(9(16)4-7)20-13-6-11(18)10(17)5-12(13)19-15(20)21/h3-6H,1-2H3,(H,19,21). The third kappa shape index (κ3) is 2.55. The predicted molar refractivity (Wildman–Crippen MR) is 95.7 cm³/mol. The minimum Gasteiger partial charge on any atom is -0.330 e. The summed E-state index contributed by atoms with van der Waals surface area (Å²) in [6.07, 6.45) is 0. The van der Waals surface area contributed by atoms with E-state index in [1.807, 2.05) is 10.6 Å². The van der Waals surface area contributed by atoms with Gasteiger partial charge in [0.1, 0.15) is 0 Å². The number of aryl methyl sites for hydroxylation is 2. The Morgan fingerprint density at radius 3 is 2.43 bits per heavy atom. The lowest BCUT2D eigenvalue weighted by molar-refractivity contribution is 1.04. The first kappa shape index (κ1) is 15.1. The lowest BCUT2D eigenvalue weighted by Gasteiger charge is -2.12. The molecule has 0 fully saturated rings. The summed E-state index contributed by atoms with van der Waals surface area (Å²) in [6.45, 7) is 4.12. The summed E-state index contributed by atoms with van der Waals surface area (Å²) in [5.74, 6) is 0. The van der Waals surface area contributed by atoms with Crippen molar-refractivity contribution in [1.82, 2.24) is 9.55 Å². The summed E-state index contributed by atoms with van der Waals surface area (Å²) in [7, 11) is 0. The first-order valence-corrected chi connectivity index (χ1v) is 8.21. The third-order valence-corrected chi connectivity index (χ3v) is 4.96. The normalized spacial score (nSPS) is 11.3. The quantitative estimate of drug-likeness (QED) is 0.469. The molecule has 0 saturated heterocycles. The molecular weight excluding hydrogens is 391 g/mol. The van der Waals surface area contributed by atoms with Gasteiger partial charge in [0.15, 0.2) is 4.77 Å². The maximum absolute atomic E-state index is 6.16. The summed E-state index contributed by atoms with van der Waals surface area (Å²) in [5, 5.41) is 1.01. The molecule has 108 valence electrons. The molecule has 0 bridgehead atoms. The Balaban J connectivity index is 2.44. The van der Waals surface area contributed by atoms with Crippen LogP contribution in [0.4, 0.5) is 0 Å². The third-order valence-electron chi connectivity index (χ3n) is 3.35. The molecule has 1 aromatic heterocycles. The average molecular weight is 402 g/mol. The number of imidazole rings is 1. The van der Waals surface area contributed by atoms with Gasteiger partial charge in [-0.05, 0) is 71.3 Å². The molecule has 3 aromatic rings. The van der Waals surface area contributed by atoms with Crippen molar-refractivity contribution < 1.29 is 0 Å². The van der Waals surface area contributed by atoms with E-state index in [-0.39, 0.29) is 0 Å². The second-order valence-corrected chi connectivity index (χ2v) is 7.02. The van der Waals surface area contributed by atoms with Crippen molar-refractivity contribution in [1.29, 1.82) is 0 Å². The zero-order valence-electron chi connectivity index (χ0n) is 11.3. The summed E-state index contributed by atoms with van der Waals surface area (Å²) < 4.78 is 3.57.